The lowest BCUT2D eigenvalue weighted by atomic mass is 10.0. The molecule has 0 radical (unpaired) electrons. The fourth-order valence-corrected chi connectivity index (χ4v) is 2.68. The fraction of sp³-hybridized carbons (Fsp3) is 0.611. The van der Waals surface area contributed by atoms with Crippen LogP contribution in [-0.4, -0.2) is 42.5 Å². The van der Waals surface area contributed by atoms with Gasteiger partial charge < -0.3 is 14.4 Å². The van der Waals surface area contributed by atoms with Crippen molar-refractivity contribution < 1.29 is 19.2 Å². The summed E-state index contributed by atoms with van der Waals surface area (Å²) in [6.45, 7) is 9.27. The molecule has 1 aromatic rings. The van der Waals surface area contributed by atoms with Gasteiger partial charge in [-0.15, -0.1) is 0 Å². The van der Waals surface area contributed by atoms with Crippen molar-refractivity contribution in [1.29, 1.82) is 0 Å². The molecule has 0 aliphatic carbocycles. The summed E-state index contributed by atoms with van der Waals surface area (Å²) in [5.41, 5.74) is -0.240. The minimum Gasteiger partial charge on any atom is -0.493 e. The van der Waals surface area contributed by atoms with E-state index in [-0.39, 0.29) is 22.9 Å². The molecule has 0 aromatic heterocycles. The Bertz CT molecular complexity index is 599. The lowest BCUT2D eigenvalue weighted by Gasteiger charge is -2.25. The van der Waals surface area contributed by atoms with E-state index in [0.717, 1.165) is 12.8 Å². The Balaban J connectivity index is 3.33. The number of nitrogens with zero attached hydrogens (tertiary/aromatic N) is 2. The largest absolute Gasteiger partial charge is 0.493 e. The first kappa shape index (κ1) is 20.7. The van der Waals surface area contributed by atoms with Crippen molar-refractivity contribution in [2.24, 2.45) is 5.92 Å². The van der Waals surface area contributed by atoms with Crippen LogP contribution in [0.3, 0.4) is 0 Å². The van der Waals surface area contributed by atoms with Crippen molar-refractivity contribution in [2.45, 2.75) is 40.5 Å². The predicted molar refractivity (Wildman–Crippen MR) is 96.5 cm³/mol. The van der Waals surface area contributed by atoms with E-state index in [1.165, 1.54) is 19.2 Å². The van der Waals surface area contributed by atoms with E-state index in [9.17, 15) is 14.9 Å². The lowest BCUT2D eigenvalue weighted by molar-refractivity contribution is -0.385. The number of hydrogen-bond donors (Lipinski definition) is 0. The van der Waals surface area contributed by atoms with Crippen LogP contribution < -0.4 is 9.47 Å². The molecule has 0 aliphatic heterocycles. The molecule has 25 heavy (non-hydrogen) atoms. The number of rotatable bonds is 10. The summed E-state index contributed by atoms with van der Waals surface area (Å²) < 4.78 is 10.6. The van der Waals surface area contributed by atoms with E-state index >= 15 is 0 Å². The van der Waals surface area contributed by atoms with Crippen LogP contribution in [0.4, 0.5) is 5.69 Å². The molecule has 140 valence electrons. The first-order valence-corrected chi connectivity index (χ1v) is 8.71. The summed E-state index contributed by atoms with van der Waals surface area (Å²) in [6, 6.07) is 2.67. The van der Waals surface area contributed by atoms with Gasteiger partial charge in [-0.05, 0) is 19.8 Å². The molecule has 0 bridgehead atoms. The molecule has 0 spiro atoms. The second-order valence-electron chi connectivity index (χ2n) is 5.74. The van der Waals surface area contributed by atoms with Gasteiger partial charge >= 0.3 is 0 Å². The zero-order valence-electron chi connectivity index (χ0n) is 15.7. The predicted octanol–water partition coefficient (Wildman–Crippen LogP) is 3.90. The SMILES string of the molecule is CCOc1cc(C(=O)N(CC)CC(CC)CC)c([N+](=O)[O-])cc1OC. The minimum atomic E-state index is -0.559. The number of methoxy groups -OCH3 is 1. The third-order valence-electron chi connectivity index (χ3n) is 4.31. The third kappa shape index (κ3) is 5.08. The average Bonchev–Trinajstić information content (AvgIpc) is 2.62. The highest BCUT2D eigenvalue weighted by Gasteiger charge is 2.28. The topological polar surface area (TPSA) is 81.9 Å². The van der Waals surface area contributed by atoms with Gasteiger partial charge in [0.15, 0.2) is 11.5 Å². The van der Waals surface area contributed by atoms with Crippen LogP contribution in [0.5, 0.6) is 11.5 Å². The zero-order valence-corrected chi connectivity index (χ0v) is 15.7. The van der Waals surface area contributed by atoms with Crippen LogP contribution in [0.2, 0.25) is 0 Å². The second kappa shape index (κ2) is 9.86. The van der Waals surface area contributed by atoms with Crippen LogP contribution in [-0.2, 0) is 0 Å². The molecular formula is C18H28N2O5. The number of nitro groups is 1. The van der Waals surface area contributed by atoms with E-state index in [1.807, 2.05) is 6.92 Å². The number of hydrogen-bond acceptors (Lipinski definition) is 5. The van der Waals surface area contributed by atoms with Crippen molar-refractivity contribution in [3.63, 3.8) is 0 Å². The van der Waals surface area contributed by atoms with E-state index in [4.69, 9.17) is 9.47 Å². The molecule has 0 unspecified atom stereocenters. The molecular weight excluding hydrogens is 324 g/mol. The van der Waals surface area contributed by atoms with Crippen LogP contribution in [0.15, 0.2) is 12.1 Å². The number of ether oxygens (including phenoxy) is 2. The standard InChI is InChI=1S/C18H28N2O5/c1-6-13(7-2)12-19(8-3)18(21)14-10-17(25-9-4)16(24-5)11-15(14)20(22)23/h10-11,13H,6-9,12H2,1-5H3. The smallest absolute Gasteiger partial charge is 0.286 e. The molecule has 1 rings (SSSR count). The summed E-state index contributed by atoms with van der Waals surface area (Å²) in [4.78, 5) is 25.5. The average molecular weight is 352 g/mol. The maximum Gasteiger partial charge on any atom is 0.286 e. The molecule has 1 amide bonds. The van der Waals surface area contributed by atoms with Crippen molar-refractivity contribution in [2.75, 3.05) is 26.8 Å². The Labute approximate surface area is 149 Å². The molecule has 7 nitrogen and oxygen atoms in total. The molecule has 0 fully saturated rings. The Kier molecular flexibility index (Phi) is 8.18. The highest BCUT2D eigenvalue weighted by molar-refractivity contribution is 5.99. The Hall–Kier alpha value is -2.31. The molecule has 0 saturated carbocycles. The quantitative estimate of drug-likeness (QED) is 0.471. The van der Waals surface area contributed by atoms with Gasteiger partial charge in [-0.1, -0.05) is 26.7 Å². The van der Waals surface area contributed by atoms with Crippen LogP contribution in [0.25, 0.3) is 0 Å². The van der Waals surface area contributed by atoms with Gasteiger partial charge in [-0.25, -0.2) is 0 Å². The Morgan fingerprint density at radius 1 is 1.20 bits per heavy atom. The summed E-state index contributed by atoms with van der Waals surface area (Å²) in [5.74, 6) is 0.586. The normalized spacial score (nSPS) is 10.6. The van der Waals surface area contributed by atoms with E-state index < -0.39 is 4.92 Å². The van der Waals surface area contributed by atoms with Crippen molar-refractivity contribution in [1.82, 2.24) is 4.90 Å². The van der Waals surface area contributed by atoms with Gasteiger partial charge in [0.25, 0.3) is 11.6 Å². The second-order valence-corrected chi connectivity index (χ2v) is 5.74. The van der Waals surface area contributed by atoms with Gasteiger partial charge in [0.1, 0.15) is 5.56 Å². The molecule has 0 saturated heterocycles. The Morgan fingerprint density at radius 2 is 1.84 bits per heavy atom. The number of benzene rings is 1. The zero-order chi connectivity index (χ0) is 19.0. The molecule has 0 atom stereocenters. The van der Waals surface area contributed by atoms with E-state index in [2.05, 4.69) is 13.8 Å². The van der Waals surface area contributed by atoms with Gasteiger partial charge in [0.05, 0.1) is 24.7 Å². The molecule has 1 aromatic carbocycles. The number of carbonyl (C=O) groups is 1. The highest BCUT2D eigenvalue weighted by Crippen LogP contribution is 2.35. The van der Waals surface area contributed by atoms with Crippen LogP contribution >= 0.6 is 0 Å². The highest BCUT2D eigenvalue weighted by atomic mass is 16.6. The molecule has 0 aliphatic rings. The maximum atomic E-state index is 12.9. The number of nitro benzene ring substituents is 1. The summed E-state index contributed by atoms with van der Waals surface area (Å²) in [6.07, 6.45) is 1.91. The first-order chi connectivity index (χ1) is 11.9. The number of carbonyl (C=O) groups excluding carboxylic acids is 1. The summed E-state index contributed by atoms with van der Waals surface area (Å²) in [5, 5.41) is 11.4. The van der Waals surface area contributed by atoms with Gasteiger partial charge in [0, 0.05) is 19.2 Å². The van der Waals surface area contributed by atoms with Crippen molar-refractivity contribution >= 4 is 11.6 Å². The van der Waals surface area contributed by atoms with Gasteiger partial charge in [-0.2, -0.15) is 0 Å². The van der Waals surface area contributed by atoms with Crippen LogP contribution in [0, 0.1) is 16.0 Å². The van der Waals surface area contributed by atoms with Crippen molar-refractivity contribution in [3.05, 3.63) is 27.8 Å². The lowest BCUT2D eigenvalue weighted by Crippen LogP contribution is -2.35. The van der Waals surface area contributed by atoms with E-state index in [1.54, 1.807) is 11.8 Å². The Morgan fingerprint density at radius 3 is 2.28 bits per heavy atom. The molecule has 0 heterocycles. The molecule has 7 heteroatoms. The third-order valence-corrected chi connectivity index (χ3v) is 4.31. The maximum absolute atomic E-state index is 12.9. The van der Waals surface area contributed by atoms with E-state index in [0.29, 0.717) is 31.4 Å². The summed E-state index contributed by atoms with van der Waals surface area (Å²) >= 11 is 0. The van der Waals surface area contributed by atoms with Crippen LogP contribution in [0.1, 0.15) is 50.9 Å². The monoisotopic (exact) mass is 352 g/mol. The molecule has 0 N–H and O–H groups in total. The number of amides is 1. The minimum absolute atomic E-state index is 0.0297. The fourth-order valence-electron chi connectivity index (χ4n) is 2.68. The van der Waals surface area contributed by atoms with Crippen molar-refractivity contribution in [3.8, 4) is 11.5 Å². The summed E-state index contributed by atoms with van der Waals surface area (Å²) in [7, 11) is 1.41. The van der Waals surface area contributed by atoms with Gasteiger partial charge in [-0.3, -0.25) is 14.9 Å². The van der Waals surface area contributed by atoms with Gasteiger partial charge in [0.2, 0.25) is 0 Å². The first-order valence-electron chi connectivity index (χ1n) is 8.71.